The van der Waals surface area contributed by atoms with E-state index in [4.69, 9.17) is 14.2 Å². The van der Waals surface area contributed by atoms with Gasteiger partial charge < -0.3 is 19.3 Å². The lowest BCUT2D eigenvalue weighted by molar-refractivity contribution is 0.240. The van der Waals surface area contributed by atoms with Crippen LogP contribution in [-0.2, 0) is 13.1 Å². The van der Waals surface area contributed by atoms with Crippen molar-refractivity contribution in [3.8, 4) is 23.0 Å². The maximum Gasteiger partial charge on any atom is 0.165 e. The van der Waals surface area contributed by atoms with E-state index in [0.717, 1.165) is 35.7 Å². The second kappa shape index (κ2) is 7.66. The standard InChI is InChI=1S/C20H25NO4/c1-23-18-6-4-5-15(20(18)25-3)13-21(16-8-9-16)12-14-7-10-17(22)19(11-14)24-2/h4-7,10-11,16,22H,8-9,12-13H2,1-3H3. The molecule has 0 unspecified atom stereocenters. The van der Waals surface area contributed by atoms with Gasteiger partial charge in [0, 0.05) is 24.7 Å². The Balaban J connectivity index is 1.81. The molecule has 2 aromatic carbocycles. The molecule has 1 N–H and O–H groups in total. The summed E-state index contributed by atoms with van der Waals surface area (Å²) in [5, 5.41) is 9.78. The molecule has 134 valence electrons. The van der Waals surface area contributed by atoms with Crippen LogP contribution in [0.2, 0.25) is 0 Å². The minimum atomic E-state index is 0.165. The first-order valence-electron chi connectivity index (χ1n) is 8.46. The molecule has 1 aliphatic carbocycles. The van der Waals surface area contributed by atoms with Gasteiger partial charge in [0.05, 0.1) is 21.3 Å². The maximum atomic E-state index is 9.78. The van der Waals surface area contributed by atoms with Gasteiger partial charge in [-0.2, -0.15) is 0 Å². The van der Waals surface area contributed by atoms with E-state index in [1.807, 2.05) is 24.3 Å². The highest BCUT2D eigenvalue weighted by molar-refractivity contribution is 5.46. The number of para-hydroxylation sites is 1. The number of phenolic OH excluding ortho intramolecular Hbond substituents is 1. The van der Waals surface area contributed by atoms with E-state index in [1.165, 1.54) is 12.8 Å². The maximum absolute atomic E-state index is 9.78. The molecule has 1 aliphatic rings. The highest BCUT2D eigenvalue weighted by Gasteiger charge is 2.30. The third-order valence-electron chi connectivity index (χ3n) is 4.55. The molecule has 2 aromatic rings. The number of aromatic hydroxyl groups is 1. The quantitative estimate of drug-likeness (QED) is 0.794. The molecule has 25 heavy (non-hydrogen) atoms. The van der Waals surface area contributed by atoms with E-state index in [2.05, 4.69) is 11.0 Å². The zero-order valence-electron chi connectivity index (χ0n) is 15.0. The van der Waals surface area contributed by atoms with E-state index >= 15 is 0 Å². The first kappa shape index (κ1) is 17.4. The van der Waals surface area contributed by atoms with Crippen molar-refractivity contribution in [1.29, 1.82) is 0 Å². The fraction of sp³-hybridized carbons (Fsp3) is 0.400. The summed E-state index contributed by atoms with van der Waals surface area (Å²) < 4.78 is 16.2. The molecule has 0 bridgehead atoms. The first-order valence-corrected chi connectivity index (χ1v) is 8.46. The van der Waals surface area contributed by atoms with Crippen LogP contribution in [0.1, 0.15) is 24.0 Å². The molecule has 1 saturated carbocycles. The molecular weight excluding hydrogens is 318 g/mol. The topological polar surface area (TPSA) is 51.2 Å². The van der Waals surface area contributed by atoms with Crippen LogP contribution >= 0.6 is 0 Å². The Morgan fingerprint density at radius 2 is 1.72 bits per heavy atom. The first-order chi connectivity index (χ1) is 12.2. The zero-order valence-corrected chi connectivity index (χ0v) is 15.0. The molecule has 5 heteroatoms. The Morgan fingerprint density at radius 3 is 2.36 bits per heavy atom. The number of nitrogens with zero attached hydrogens (tertiary/aromatic N) is 1. The Morgan fingerprint density at radius 1 is 0.960 bits per heavy atom. The summed E-state index contributed by atoms with van der Waals surface area (Å²) in [5.74, 6) is 2.21. The number of hydrogen-bond donors (Lipinski definition) is 1. The molecule has 0 heterocycles. The molecule has 1 fully saturated rings. The van der Waals surface area contributed by atoms with Crippen molar-refractivity contribution in [1.82, 2.24) is 4.90 Å². The fourth-order valence-electron chi connectivity index (χ4n) is 3.11. The fourth-order valence-corrected chi connectivity index (χ4v) is 3.11. The van der Waals surface area contributed by atoms with Crippen molar-refractivity contribution >= 4 is 0 Å². The number of rotatable bonds is 8. The second-order valence-corrected chi connectivity index (χ2v) is 6.30. The van der Waals surface area contributed by atoms with Gasteiger partial charge in [-0.25, -0.2) is 0 Å². The molecule has 0 saturated heterocycles. The SMILES string of the molecule is COc1cc(CN(Cc2cccc(OC)c2OC)C2CC2)ccc1O. The normalized spacial score (nSPS) is 13.8. The monoisotopic (exact) mass is 343 g/mol. The van der Waals surface area contributed by atoms with Gasteiger partial charge in [0.25, 0.3) is 0 Å². The average molecular weight is 343 g/mol. The lowest BCUT2D eigenvalue weighted by Crippen LogP contribution is -2.25. The average Bonchev–Trinajstić information content (AvgIpc) is 3.47. The number of ether oxygens (including phenoxy) is 3. The zero-order chi connectivity index (χ0) is 17.8. The van der Waals surface area contributed by atoms with E-state index in [1.54, 1.807) is 27.4 Å². The highest BCUT2D eigenvalue weighted by Crippen LogP contribution is 2.36. The van der Waals surface area contributed by atoms with Gasteiger partial charge in [-0.3, -0.25) is 4.90 Å². The number of methoxy groups -OCH3 is 3. The summed E-state index contributed by atoms with van der Waals surface area (Å²) in [7, 11) is 4.90. The second-order valence-electron chi connectivity index (χ2n) is 6.30. The van der Waals surface area contributed by atoms with Crippen LogP contribution in [0.3, 0.4) is 0 Å². The van der Waals surface area contributed by atoms with Gasteiger partial charge in [0.1, 0.15) is 0 Å². The van der Waals surface area contributed by atoms with Crippen molar-refractivity contribution in [2.45, 2.75) is 32.0 Å². The van der Waals surface area contributed by atoms with Crippen LogP contribution in [0, 0.1) is 0 Å². The van der Waals surface area contributed by atoms with Crippen molar-refractivity contribution < 1.29 is 19.3 Å². The smallest absolute Gasteiger partial charge is 0.165 e. The largest absolute Gasteiger partial charge is 0.504 e. The summed E-state index contributed by atoms with van der Waals surface area (Å²) in [6.45, 7) is 1.58. The molecule has 5 nitrogen and oxygen atoms in total. The summed E-state index contributed by atoms with van der Waals surface area (Å²) in [6, 6.07) is 12.1. The summed E-state index contributed by atoms with van der Waals surface area (Å²) in [5.41, 5.74) is 2.22. The molecule has 0 spiro atoms. The van der Waals surface area contributed by atoms with E-state index < -0.39 is 0 Å². The van der Waals surface area contributed by atoms with Gasteiger partial charge in [-0.15, -0.1) is 0 Å². The van der Waals surface area contributed by atoms with Crippen LogP contribution in [0.25, 0.3) is 0 Å². The van der Waals surface area contributed by atoms with Gasteiger partial charge in [-0.1, -0.05) is 18.2 Å². The van der Waals surface area contributed by atoms with E-state index in [0.29, 0.717) is 11.8 Å². The molecule has 0 atom stereocenters. The summed E-state index contributed by atoms with van der Waals surface area (Å²) in [6.07, 6.45) is 2.42. The minimum absolute atomic E-state index is 0.165. The predicted molar refractivity (Wildman–Crippen MR) is 96.5 cm³/mol. The molecular formula is C20H25NO4. The van der Waals surface area contributed by atoms with Crippen molar-refractivity contribution in [3.63, 3.8) is 0 Å². The van der Waals surface area contributed by atoms with Crippen LogP contribution in [0.4, 0.5) is 0 Å². The number of hydrogen-bond acceptors (Lipinski definition) is 5. The minimum Gasteiger partial charge on any atom is -0.504 e. The lowest BCUT2D eigenvalue weighted by Gasteiger charge is -2.24. The Hall–Kier alpha value is -2.40. The Labute approximate surface area is 148 Å². The highest BCUT2D eigenvalue weighted by atomic mass is 16.5. The summed E-state index contributed by atoms with van der Waals surface area (Å²) in [4.78, 5) is 2.43. The number of benzene rings is 2. The molecule has 0 aliphatic heterocycles. The number of phenols is 1. The van der Waals surface area contributed by atoms with Crippen LogP contribution in [0.5, 0.6) is 23.0 Å². The van der Waals surface area contributed by atoms with Crippen molar-refractivity contribution in [3.05, 3.63) is 47.5 Å². The van der Waals surface area contributed by atoms with Crippen LogP contribution in [0.15, 0.2) is 36.4 Å². The van der Waals surface area contributed by atoms with Crippen molar-refractivity contribution in [2.24, 2.45) is 0 Å². The predicted octanol–water partition coefficient (Wildman–Crippen LogP) is 3.58. The van der Waals surface area contributed by atoms with Gasteiger partial charge in [0.15, 0.2) is 23.0 Å². The third kappa shape index (κ3) is 3.99. The lowest BCUT2D eigenvalue weighted by atomic mass is 10.1. The Bertz CT molecular complexity index is 728. The van der Waals surface area contributed by atoms with Crippen molar-refractivity contribution in [2.75, 3.05) is 21.3 Å². The summed E-state index contributed by atoms with van der Waals surface area (Å²) >= 11 is 0. The third-order valence-corrected chi connectivity index (χ3v) is 4.55. The molecule has 0 radical (unpaired) electrons. The van der Waals surface area contributed by atoms with Gasteiger partial charge >= 0.3 is 0 Å². The van der Waals surface area contributed by atoms with Gasteiger partial charge in [-0.05, 0) is 36.6 Å². The van der Waals surface area contributed by atoms with E-state index in [9.17, 15) is 5.11 Å². The van der Waals surface area contributed by atoms with Gasteiger partial charge in [0.2, 0.25) is 0 Å². The molecule has 0 aromatic heterocycles. The van der Waals surface area contributed by atoms with Crippen LogP contribution in [-0.4, -0.2) is 37.4 Å². The van der Waals surface area contributed by atoms with Crippen LogP contribution < -0.4 is 14.2 Å². The van der Waals surface area contributed by atoms with E-state index in [-0.39, 0.29) is 5.75 Å². The Kier molecular flexibility index (Phi) is 5.34. The molecule has 0 amide bonds. The molecule has 3 rings (SSSR count).